The zero-order valence-electron chi connectivity index (χ0n) is 28.2. The molecule has 0 spiro atoms. The summed E-state index contributed by atoms with van der Waals surface area (Å²) >= 11 is 0. The third kappa shape index (κ3) is 8.79. The second-order valence-electron chi connectivity index (χ2n) is 12.2. The van der Waals surface area contributed by atoms with E-state index in [2.05, 4.69) is 0 Å². The highest BCUT2D eigenvalue weighted by Crippen LogP contribution is 2.33. The Labute approximate surface area is 294 Å². The number of amides is 2. The molecule has 0 bridgehead atoms. The first-order valence-corrected chi connectivity index (χ1v) is 16.2. The number of aliphatic hydroxyl groups excluding tert-OH is 3. The number of rotatable bonds is 10. The van der Waals surface area contributed by atoms with Crippen molar-refractivity contribution in [2.45, 2.75) is 69.0 Å². The molecule has 14 nitrogen and oxygen atoms in total. The number of hydrogen-bond donors (Lipinski definition) is 3. The van der Waals surface area contributed by atoms with Crippen LogP contribution in [0.5, 0.6) is 0 Å². The molecule has 8 atom stereocenters. The molecule has 2 amide bonds. The van der Waals surface area contributed by atoms with Crippen LogP contribution in [0.2, 0.25) is 0 Å². The summed E-state index contributed by atoms with van der Waals surface area (Å²) in [4.78, 5) is 54.6. The second-order valence-corrected chi connectivity index (χ2v) is 12.2. The number of carbonyl (C=O) groups excluding carboxylic acids is 4. The molecule has 0 radical (unpaired) electrons. The molecule has 3 aromatic carbocycles. The monoisotopic (exact) mass is 704 g/mol. The number of esters is 1. The van der Waals surface area contributed by atoms with E-state index in [1.54, 1.807) is 85.8 Å². The molecule has 14 heteroatoms. The van der Waals surface area contributed by atoms with E-state index < -0.39 is 72.8 Å². The number of carbonyl (C=O) groups is 4. The Morgan fingerprint density at radius 2 is 1.16 bits per heavy atom. The largest absolute Gasteiger partial charge is 0.445 e. The van der Waals surface area contributed by atoms with Crippen molar-refractivity contribution in [2.75, 3.05) is 14.1 Å². The van der Waals surface area contributed by atoms with Gasteiger partial charge in [0.05, 0.1) is 23.8 Å². The quantitative estimate of drug-likeness (QED) is 0.208. The molecule has 5 rings (SSSR count). The van der Waals surface area contributed by atoms with Gasteiger partial charge in [-0.15, -0.1) is 0 Å². The van der Waals surface area contributed by atoms with Gasteiger partial charge < -0.3 is 48.8 Å². The van der Waals surface area contributed by atoms with Crippen LogP contribution in [0.4, 0.5) is 9.59 Å². The van der Waals surface area contributed by atoms with Crippen LogP contribution in [-0.2, 0) is 41.7 Å². The Morgan fingerprint density at radius 3 is 1.63 bits per heavy atom. The van der Waals surface area contributed by atoms with E-state index >= 15 is 0 Å². The molecule has 1 aliphatic carbocycles. The third-order valence-corrected chi connectivity index (χ3v) is 8.63. The zero-order valence-corrected chi connectivity index (χ0v) is 28.2. The van der Waals surface area contributed by atoms with Crippen molar-refractivity contribution < 1.29 is 58.2 Å². The van der Waals surface area contributed by atoms with Gasteiger partial charge in [-0.25, -0.2) is 14.4 Å². The number of nitrogens with zero attached hydrogens (tertiary/aromatic N) is 2. The van der Waals surface area contributed by atoms with Gasteiger partial charge in [-0.05, 0) is 36.3 Å². The summed E-state index contributed by atoms with van der Waals surface area (Å²) in [5.74, 6) is -2.12. The molecule has 3 N–H and O–H groups in total. The summed E-state index contributed by atoms with van der Waals surface area (Å²) in [7, 11) is 2.52. The molecule has 0 saturated heterocycles. The molecule has 2 aliphatic rings. The van der Waals surface area contributed by atoms with Crippen LogP contribution in [0.15, 0.2) is 103 Å². The summed E-state index contributed by atoms with van der Waals surface area (Å²) in [5.41, 5.74) is 1.54. The minimum Gasteiger partial charge on any atom is -0.445 e. The number of likely N-dealkylation sites (N-methyl/N-ethyl adjacent to an activating group) is 2. The first-order valence-electron chi connectivity index (χ1n) is 16.2. The highest BCUT2D eigenvalue weighted by atomic mass is 16.7. The van der Waals surface area contributed by atoms with E-state index in [0.717, 1.165) is 9.80 Å². The molecule has 270 valence electrons. The fraction of sp³-hybridized carbons (Fsp3) is 0.351. The lowest BCUT2D eigenvalue weighted by Crippen LogP contribution is -2.73. The highest BCUT2D eigenvalue weighted by Gasteiger charge is 2.56. The van der Waals surface area contributed by atoms with E-state index in [9.17, 15) is 34.5 Å². The maximum Gasteiger partial charge on any atom is 0.410 e. The van der Waals surface area contributed by atoms with Crippen LogP contribution in [0.25, 0.3) is 0 Å². The molecule has 1 fully saturated rings. The average molecular weight is 705 g/mol. The fourth-order valence-electron chi connectivity index (χ4n) is 5.92. The van der Waals surface area contributed by atoms with E-state index in [4.69, 9.17) is 23.7 Å². The minimum atomic E-state index is -1.86. The third-order valence-electron chi connectivity index (χ3n) is 8.63. The zero-order chi connectivity index (χ0) is 36.7. The average Bonchev–Trinajstić information content (AvgIpc) is 3.14. The van der Waals surface area contributed by atoms with Gasteiger partial charge in [0.25, 0.3) is 5.78 Å². The number of Topliss-reactive ketones (excluding diaryl/α,β-unsaturated/α-hetero) is 1. The van der Waals surface area contributed by atoms with E-state index in [-0.39, 0.29) is 24.5 Å². The Morgan fingerprint density at radius 1 is 0.706 bits per heavy atom. The number of benzene rings is 3. The Hall–Kier alpha value is -5.12. The molecular formula is C37H40N2O12. The molecule has 1 saturated carbocycles. The maximum absolute atomic E-state index is 13.5. The van der Waals surface area contributed by atoms with Crippen molar-refractivity contribution in [1.29, 1.82) is 0 Å². The van der Waals surface area contributed by atoms with Gasteiger partial charge in [0, 0.05) is 14.1 Å². The maximum atomic E-state index is 13.5. The van der Waals surface area contributed by atoms with Crippen molar-refractivity contribution in [3.8, 4) is 0 Å². The molecule has 3 aromatic rings. The van der Waals surface area contributed by atoms with Gasteiger partial charge in [0.15, 0.2) is 5.76 Å². The smallest absolute Gasteiger partial charge is 0.410 e. The molecular weight excluding hydrogens is 664 g/mol. The van der Waals surface area contributed by atoms with Gasteiger partial charge >= 0.3 is 18.2 Å². The number of aliphatic hydroxyl groups is 3. The van der Waals surface area contributed by atoms with Crippen LogP contribution in [0.1, 0.15) is 28.4 Å². The van der Waals surface area contributed by atoms with Crippen molar-refractivity contribution in [1.82, 2.24) is 9.80 Å². The minimum absolute atomic E-state index is 0.125. The van der Waals surface area contributed by atoms with E-state index in [1.807, 2.05) is 0 Å². The summed E-state index contributed by atoms with van der Waals surface area (Å²) in [6.07, 6.45) is -10.5. The van der Waals surface area contributed by atoms with Crippen molar-refractivity contribution in [2.24, 2.45) is 0 Å². The summed E-state index contributed by atoms with van der Waals surface area (Å²) < 4.78 is 27.8. The Kier molecular flexibility index (Phi) is 12.2. The van der Waals surface area contributed by atoms with Crippen molar-refractivity contribution >= 4 is 23.9 Å². The lowest BCUT2D eigenvalue weighted by molar-refractivity contribution is -0.254. The second kappa shape index (κ2) is 16.7. The summed E-state index contributed by atoms with van der Waals surface area (Å²) in [6, 6.07) is 22.5. The molecule has 2 unspecified atom stereocenters. The standard InChI is InChI=1S/C37H40N2O12/c1-22-19-26(50-34(44)25-17-11-6-12-18-25)29(40)35(49-22)51-33-31(42)27(38(2)36(45)47-20-23-13-7-4-8-14-23)30(41)28(32(33)43)39(3)37(46)48-21-24-15-9-5-10-16-24/h4-19,22,27-28,30-33,35,41-43H,20-21H2,1-3H3/t22-,27-,28+,30?,31+,32-,33?,35+/m1/s1. The van der Waals surface area contributed by atoms with E-state index in [0.29, 0.717) is 11.1 Å². The Bertz CT molecular complexity index is 1610. The molecule has 1 aliphatic heterocycles. The number of hydrogen-bond acceptors (Lipinski definition) is 12. The van der Waals surface area contributed by atoms with Crippen molar-refractivity contribution in [3.05, 3.63) is 120 Å². The Balaban J connectivity index is 1.38. The normalized spacial score (nSPS) is 26.0. The lowest BCUT2D eigenvalue weighted by Gasteiger charge is -2.50. The number of ketones is 1. The van der Waals surface area contributed by atoms with Crippen LogP contribution in [0.3, 0.4) is 0 Å². The molecule has 0 aromatic heterocycles. The lowest BCUT2D eigenvalue weighted by atomic mass is 9.80. The van der Waals surface area contributed by atoms with Gasteiger partial charge in [-0.2, -0.15) is 0 Å². The molecule has 1 heterocycles. The topological polar surface area (TPSA) is 182 Å². The van der Waals surface area contributed by atoms with Gasteiger partial charge in [0.2, 0.25) is 6.29 Å². The van der Waals surface area contributed by atoms with Crippen LogP contribution >= 0.6 is 0 Å². The van der Waals surface area contributed by atoms with E-state index in [1.165, 1.54) is 32.3 Å². The summed E-state index contributed by atoms with van der Waals surface area (Å²) in [6.45, 7) is 1.30. The first-order chi connectivity index (χ1) is 24.5. The van der Waals surface area contributed by atoms with Crippen molar-refractivity contribution in [3.63, 3.8) is 0 Å². The van der Waals surface area contributed by atoms with Crippen LogP contribution in [-0.4, -0.2) is 112 Å². The van der Waals surface area contributed by atoms with Crippen LogP contribution < -0.4 is 0 Å². The fourth-order valence-corrected chi connectivity index (χ4v) is 5.92. The van der Waals surface area contributed by atoms with Crippen LogP contribution in [0, 0.1) is 0 Å². The molecule has 51 heavy (non-hydrogen) atoms. The first kappa shape index (κ1) is 37.1. The highest BCUT2D eigenvalue weighted by molar-refractivity contribution is 6.01. The van der Waals surface area contributed by atoms with Gasteiger partial charge in [-0.3, -0.25) is 4.79 Å². The SMILES string of the molecule is C[C@@H]1C=C(OC(=O)c2ccccc2)C(=O)[C@H](OC2[C@@H](O)[C@H](N(C)C(=O)OCc3ccccc3)C(O)[C@H](N(C)C(=O)OCc3ccccc3)[C@H]2O)O1. The van der Waals surface area contributed by atoms with Gasteiger partial charge in [-0.1, -0.05) is 78.9 Å². The number of ether oxygens (including phenoxy) is 5. The summed E-state index contributed by atoms with van der Waals surface area (Å²) in [5, 5.41) is 34.8. The predicted molar refractivity (Wildman–Crippen MR) is 179 cm³/mol. The van der Waals surface area contributed by atoms with Gasteiger partial charge in [0.1, 0.15) is 37.6 Å². The predicted octanol–water partition coefficient (Wildman–Crippen LogP) is 2.80.